The fourth-order valence-electron chi connectivity index (χ4n) is 2.44. The Morgan fingerprint density at radius 2 is 1.68 bits per heavy atom. The van der Waals surface area contributed by atoms with Crippen molar-refractivity contribution in [3.63, 3.8) is 0 Å². The number of halogens is 3. The first-order valence-electron chi connectivity index (χ1n) is 6.74. The van der Waals surface area contributed by atoms with Gasteiger partial charge >= 0.3 is 6.18 Å². The Labute approximate surface area is 125 Å². The maximum atomic E-state index is 12.7. The van der Waals surface area contributed by atoms with Crippen LogP contribution in [-0.2, 0) is 6.18 Å². The van der Waals surface area contributed by atoms with Crippen molar-refractivity contribution in [3.8, 4) is 16.8 Å². The molecule has 0 amide bonds. The first-order valence-corrected chi connectivity index (χ1v) is 6.74. The molecule has 0 N–H and O–H groups in total. The molecule has 1 aromatic heterocycles. The Hall–Kier alpha value is -2.56. The van der Waals surface area contributed by atoms with E-state index in [2.05, 4.69) is 5.10 Å². The third-order valence-electron chi connectivity index (χ3n) is 3.49. The Kier molecular flexibility index (Phi) is 3.48. The van der Waals surface area contributed by atoms with Crippen LogP contribution in [0.4, 0.5) is 13.2 Å². The number of para-hydroxylation sites is 1. The molecular formula is C17H13F3N2. The molecule has 1 heterocycles. The highest BCUT2D eigenvalue weighted by molar-refractivity contribution is 5.74. The lowest BCUT2D eigenvalue weighted by Gasteiger charge is -2.14. The molecule has 0 saturated heterocycles. The van der Waals surface area contributed by atoms with Gasteiger partial charge in [0.2, 0.25) is 0 Å². The standard InChI is InChI=1S/C17H13F3N2/c1-12-4-2-5-15(16(12)22-11-3-10-21-22)13-6-8-14(9-7-13)17(18,19)20/h2-11H,1H3. The fraction of sp³-hybridized carbons (Fsp3) is 0.118. The van der Waals surface area contributed by atoms with E-state index in [0.717, 1.165) is 34.5 Å². The second-order valence-corrected chi connectivity index (χ2v) is 5.00. The summed E-state index contributed by atoms with van der Waals surface area (Å²) in [6.07, 6.45) is -0.838. The number of hydrogen-bond acceptors (Lipinski definition) is 1. The average molecular weight is 302 g/mol. The van der Waals surface area contributed by atoms with E-state index >= 15 is 0 Å². The molecule has 2 nitrogen and oxygen atoms in total. The van der Waals surface area contributed by atoms with E-state index in [0.29, 0.717) is 0 Å². The molecule has 0 fully saturated rings. The van der Waals surface area contributed by atoms with E-state index in [1.165, 1.54) is 12.1 Å². The number of aryl methyl sites for hydroxylation is 1. The molecule has 3 rings (SSSR count). The van der Waals surface area contributed by atoms with Crippen LogP contribution in [-0.4, -0.2) is 9.78 Å². The van der Waals surface area contributed by atoms with E-state index in [9.17, 15) is 13.2 Å². The van der Waals surface area contributed by atoms with Gasteiger partial charge in [0, 0.05) is 18.0 Å². The lowest BCUT2D eigenvalue weighted by Crippen LogP contribution is -2.04. The van der Waals surface area contributed by atoms with E-state index < -0.39 is 11.7 Å². The van der Waals surface area contributed by atoms with Crippen LogP contribution in [0.3, 0.4) is 0 Å². The van der Waals surface area contributed by atoms with Gasteiger partial charge < -0.3 is 0 Å². The molecular weight excluding hydrogens is 289 g/mol. The molecule has 0 spiro atoms. The normalized spacial score (nSPS) is 11.6. The van der Waals surface area contributed by atoms with Crippen LogP contribution >= 0.6 is 0 Å². The molecule has 0 aliphatic carbocycles. The molecule has 2 aromatic carbocycles. The summed E-state index contributed by atoms with van der Waals surface area (Å²) >= 11 is 0. The molecule has 0 radical (unpaired) electrons. The van der Waals surface area contributed by atoms with Gasteiger partial charge in [0.15, 0.2) is 0 Å². The fourth-order valence-corrected chi connectivity index (χ4v) is 2.44. The highest BCUT2D eigenvalue weighted by atomic mass is 19.4. The summed E-state index contributed by atoms with van der Waals surface area (Å²) in [4.78, 5) is 0. The number of alkyl halides is 3. The smallest absolute Gasteiger partial charge is 0.240 e. The van der Waals surface area contributed by atoms with Gasteiger partial charge in [-0.1, -0.05) is 30.3 Å². The van der Waals surface area contributed by atoms with E-state index in [1.54, 1.807) is 10.9 Å². The van der Waals surface area contributed by atoms with Gasteiger partial charge in [-0.3, -0.25) is 0 Å². The minimum atomic E-state index is -4.32. The molecule has 0 atom stereocenters. The number of hydrogen-bond donors (Lipinski definition) is 0. The minimum absolute atomic E-state index is 0.649. The topological polar surface area (TPSA) is 17.8 Å². The Morgan fingerprint density at radius 1 is 0.955 bits per heavy atom. The van der Waals surface area contributed by atoms with Crippen LogP contribution < -0.4 is 0 Å². The van der Waals surface area contributed by atoms with Gasteiger partial charge in [-0.25, -0.2) is 4.68 Å². The lowest BCUT2D eigenvalue weighted by molar-refractivity contribution is -0.137. The molecule has 0 aliphatic rings. The number of nitrogens with zero attached hydrogens (tertiary/aromatic N) is 2. The predicted octanol–water partition coefficient (Wildman–Crippen LogP) is 4.87. The lowest BCUT2D eigenvalue weighted by atomic mass is 9.99. The van der Waals surface area contributed by atoms with Crippen LogP contribution in [0.25, 0.3) is 16.8 Å². The van der Waals surface area contributed by atoms with Gasteiger partial charge in [0.1, 0.15) is 0 Å². The summed E-state index contributed by atoms with van der Waals surface area (Å²) in [5.74, 6) is 0. The number of aromatic nitrogens is 2. The second-order valence-electron chi connectivity index (χ2n) is 5.00. The minimum Gasteiger partial charge on any atom is -0.240 e. The quantitative estimate of drug-likeness (QED) is 0.660. The van der Waals surface area contributed by atoms with Gasteiger partial charge in [0.05, 0.1) is 11.3 Å². The maximum absolute atomic E-state index is 12.7. The van der Waals surface area contributed by atoms with Crippen LogP contribution in [0.5, 0.6) is 0 Å². The van der Waals surface area contributed by atoms with E-state index in [4.69, 9.17) is 0 Å². The SMILES string of the molecule is Cc1cccc(-c2ccc(C(F)(F)F)cc2)c1-n1cccn1. The summed E-state index contributed by atoms with van der Waals surface area (Å²) in [5.41, 5.74) is 2.79. The van der Waals surface area contributed by atoms with Crippen LogP contribution in [0, 0.1) is 6.92 Å². The van der Waals surface area contributed by atoms with Crippen molar-refractivity contribution in [2.75, 3.05) is 0 Å². The summed E-state index contributed by atoms with van der Waals surface area (Å²) in [5, 5.41) is 4.23. The molecule has 5 heteroatoms. The third kappa shape index (κ3) is 2.62. The summed E-state index contributed by atoms with van der Waals surface area (Å²) < 4.78 is 39.7. The average Bonchev–Trinajstić information content (AvgIpc) is 3.00. The van der Waals surface area contributed by atoms with Crippen molar-refractivity contribution in [1.29, 1.82) is 0 Å². The van der Waals surface area contributed by atoms with Crippen LogP contribution in [0.1, 0.15) is 11.1 Å². The van der Waals surface area contributed by atoms with Crippen LogP contribution in [0.2, 0.25) is 0 Å². The largest absolute Gasteiger partial charge is 0.416 e. The van der Waals surface area contributed by atoms with Crippen molar-refractivity contribution >= 4 is 0 Å². The monoisotopic (exact) mass is 302 g/mol. The second kappa shape index (κ2) is 5.33. The summed E-state index contributed by atoms with van der Waals surface area (Å²) in [6, 6.07) is 12.7. The molecule has 22 heavy (non-hydrogen) atoms. The van der Waals surface area contributed by atoms with Crippen molar-refractivity contribution in [2.45, 2.75) is 13.1 Å². The first-order chi connectivity index (χ1) is 10.5. The highest BCUT2D eigenvalue weighted by Gasteiger charge is 2.30. The highest BCUT2D eigenvalue weighted by Crippen LogP contribution is 2.33. The van der Waals surface area contributed by atoms with Gasteiger partial charge in [-0.2, -0.15) is 18.3 Å². The van der Waals surface area contributed by atoms with Crippen molar-refractivity contribution in [1.82, 2.24) is 9.78 Å². The number of benzene rings is 2. The number of rotatable bonds is 2. The van der Waals surface area contributed by atoms with Crippen molar-refractivity contribution in [2.24, 2.45) is 0 Å². The Balaban J connectivity index is 2.11. The zero-order valence-electron chi connectivity index (χ0n) is 11.8. The van der Waals surface area contributed by atoms with E-state index in [1.807, 2.05) is 37.4 Å². The zero-order valence-corrected chi connectivity index (χ0v) is 11.8. The van der Waals surface area contributed by atoms with Gasteiger partial charge in [0.25, 0.3) is 0 Å². The van der Waals surface area contributed by atoms with Gasteiger partial charge in [-0.15, -0.1) is 0 Å². The first kappa shape index (κ1) is 14.4. The maximum Gasteiger partial charge on any atom is 0.416 e. The molecule has 0 saturated carbocycles. The summed E-state index contributed by atoms with van der Waals surface area (Å²) in [7, 11) is 0. The molecule has 0 unspecified atom stereocenters. The molecule has 3 aromatic rings. The van der Waals surface area contributed by atoms with Crippen molar-refractivity contribution < 1.29 is 13.2 Å². The van der Waals surface area contributed by atoms with Gasteiger partial charge in [-0.05, 0) is 36.2 Å². The molecule has 112 valence electrons. The van der Waals surface area contributed by atoms with E-state index in [-0.39, 0.29) is 0 Å². The molecule has 0 bridgehead atoms. The third-order valence-corrected chi connectivity index (χ3v) is 3.49. The Bertz CT molecular complexity index is 773. The predicted molar refractivity (Wildman–Crippen MR) is 78.7 cm³/mol. The van der Waals surface area contributed by atoms with Crippen molar-refractivity contribution in [3.05, 3.63) is 72.1 Å². The zero-order chi connectivity index (χ0) is 15.7. The summed E-state index contributed by atoms with van der Waals surface area (Å²) in [6.45, 7) is 1.95. The Morgan fingerprint density at radius 3 is 2.27 bits per heavy atom. The van der Waals surface area contributed by atoms with Crippen LogP contribution in [0.15, 0.2) is 60.9 Å². The molecule has 0 aliphatic heterocycles.